The van der Waals surface area contributed by atoms with Crippen molar-refractivity contribution in [3.05, 3.63) is 35.4 Å². The largest absolute Gasteiger partial charge is 0.392 e. The molecule has 0 aliphatic heterocycles. The molecule has 0 saturated carbocycles. The van der Waals surface area contributed by atoms with Gasteiger partial charge in [0, 0.05) is 13.1 Å². The van der Waals surface area contributed by atoms with Crippen LogP contribution in [0.15, 0.2) is 24.3 Å². The number of hydrogen-bond donors (Lipinski definition) is 3. The lowest BCUT2D eigenvalue weighted by Gasteiger charge is -2.14. The molecule has 0 aliphatic rings. The number of ether oxygens (including phenoxy) is 1. The van der Waals surface area contributed by atoms with Crippen LogP contribution in [0.4, 0.5) is 0 Å². The molecule has 0 amide bonds. The molecular formula is C14H23NO3. The van der Waals surface area contributed by atoms with Gasteiger partial charge < -0.3 is 20.3 Å². The summed E-state index contributed by atoms with van der Waals surface area (Å²) in [4.78, 5) is 0. The predicted octanol–water partition coefficient (Wildman–Crippen LogP) is 1.05. The highest BCUT2D eigenvalue weighted by atomic mass is 16.5. The van der Waals surface area contributed by atoms with E-state index in [2.05, 4.69) is 5.32 Å². The van der Waals surface area contributed by atoms with Crippen LogP contribution >= 0.6 is 0 Å². The van der Waals surface area contributed by atoms with Gasteiger partial charge in [0.05, 0.1) is 25.4 Å². The van der Waals surface area contributed by atoms with Gasteiger partial charge in [-0.3, -0.25) is 0 Å². The molecule has 4 nitrogen and oxygen atoms in total. The standard InChI is InChI=1S/C14H23NO3/c1-11(2)18-10-14(17)8-15-7-12-4-3-5-13(6-12)9-16/h3-6,11,14-17H,7-10H2,1-2H3. The maximum atomic E-state index is 9.65. The third kappa shape index (κ3) is 6.12. The van der Waals surface area contributed by atoms with E-state index in [9.17, 15) is 5.11 Å². The van der Waals surface area contributed by atoms with E-state index in [1.165, 1.54) is 0 Å². The summed E-state index contributed by atoms with van der Waals surface area (Å²) in [6.07, 6.45) is -0.352. The molecule has 0 saturated heterocycles. The quantitative estimate of drug-likeness (QED) is 0.648. The topological polar surface area (TPSA) is 61.7 Å². The Kier molecular flexibility index (Phi) is 6.90. The molecule has 0 aromatic heterocycles. The Morgan fingerprint density at radius 3 is 2.67 bits per heavy atom. The van der Waals surface area contributed by atoms with Crippen LogP contribution in [0, 0.1) is 0 Å². The number of nitrogens with one attached hydrogen (secondary N) is 1. The van der Waals surface area contributed by atoms with E-state index >= 15 is 0 Å². The van der Waals surface area contributed by atoms with E-state index in [0.29, 0.717) is 19.7 Å². The second-order valence-corrected chi connectivity index (χ2v) is 4.64. The fourth-order valence-electron chi connectivity index (χ4n) is 1.58. The number of benzene rings is 1. The first-order valence-electron chi connectivity index (χ1n) is 6.31. The first kappa shape index (κ1) is 15.1. The summed E-state index contributed by atoms with van der Waals surface area (Å²) in [6.45, 7) is 5.46. The van der Waals surface area contributed by atoms with Gasteiger partial charge in [-0.1, -0.05) is 24.3 Å². The van der Waals surface area contributed by atoms with Crippen molar-refractivity contribution in [1.82, 2.24) is 5.32 Å². The highest BCUT2D eigenvalue weighted by Crippen LogP contribution is 2.04. The van der Waals surface area contributed by atoms with Gasteiger partial charge in [-0.15, -0.1) is 0 Å². The van der Waals surface area contributed by atoms with Crippen LogP contribution in [0.25, 0.3) is 0 Å². The lowest BCUT2D eigenvalue weighted by molar-refractivity contribution is 0.00630. The fraction of sp³-hybridized carbons (Fsp3) is 0.571. The highest BCUT2D eigenvalue weighted by Gasteiger charge is 2.05. The third-order valence-electron chi connectivity index (χ3n) is 2.50. The monoisotopic (exact) mass is 253 g/mol. The third-order valence-corrected chi connectivity index (χ3v) is 2.50. The Labute approximate surface area is 109 Å². The Morgan fingerprint density at radius 2 is 2.00 bits per heavy atom. The van der Waals surface area contributed by atoms with E-state index in [1.807, 2.05) is 38.1 Å². The van der Waals surface area contributed by atoms with Crippen LogP contribution in [0.5, 0.6) is 0 Å². The van der Waals surface area contributed by atoms with Crippen molar-refractivity contribution < 1.29 is 14.9 Å². The molecular weight excluding hydrogens is 230 g/mol. The van der Waals surface area contributed by atoms with Crippen molar-refractivity contribution >= 4 is 0 Å². The van der Waals surface area contributed by atoms with Crippen LogP contribution in [0.3, 0.4) is 0 Å². The van der Waals surface area contributed by atoms with Crippen molar-refractivity contribution in [1.29, 1.82) is 0 Å². The first-order valence-corrected chi connectivity index (χ1v) is 6.31. The van der Waals surface area contributed by atoms with Gasteiger partial charge >= 0.3 is 0 Å². The number of aliphatic hydroxyl groups is 2. The van der Waals surface area contributed by atoms with Crippen LogP contribution in [-0.2, 0) is 17.9 Å². The summed E-state index contributed by atoms with van der Waals surface area (Å²) in [6, 6.07) is 7.74. The SMILES string of the molecule is CC(C)OCC(O)CNCc1cccc(CO)c1. The summed E-state index contributed by atoms with van der Waals surface area (Å²) in [7, 11) is 0. The van der Waals surface area contributed by atoms with Gasteiger partial charge in [0.25, 0.3) is 0 Å². The van der Waals surface area contributed by atoms with Crippen molar-refractivity contribution in [3.8, 4) is 0 Å². The molecule has 4 heteroatoms. The summed E-state index contributed by atoms with van der Waals surface area (Å²) >= 11 is 0. The molecule has 1 atom stereocenters. The van der Waals surface area contributed by atoms with Crippen molar-refractivity contribution in [3.63, 3.8) is 0 Å². The molecule has 0 bridgehead atoms. The van der Waals surface area contributed by atoms with Crippen molar-refractivity contribution in [2.75, 3.05) is 13.2 Å². The second kappa shape index (κ2) is 8.21. The minimum atomic E-state index is -0.492. The number of rotatable bonds is 8. The molecule has 3 N–H and O–H groups in total. The molecule has 1 rings (SSSR count). The van der Waals surface area contributed by atoms with Gasteiger partial charge in [0.1, 0.15) is 0 Å². The maximum absolute atomic E-state index is 9.65. The molecule has 1 aromatic rings. The average molecular weight is 253 g/mol. The zero-order chi connectivity index (χ0) is 13.4. The molecule has 1 unspecified atom stereocenters. The van der Waals surface area contributed by atoms with Crippen LogP contribution in [0.2, 0.25) is 0 Å². The Balaban J connectivity index is 2.24. The molecule has 18 heavy (non-hydrogen) atoms. The zero-order valence-corrected chi connectivity index (χ0v) is 11.1. The van der Waals surface area contributed by atoms with Gasteiger partial charge in [-0.25, -0.2) is 0 Å². The minimum Gasteiger partial charge on any atom is -0.392 e. The summed E-state index contributed by atoms with van der Waals surface area (Å²) in [5.74, 6) is 0. The van der Waals surface area contributed by atoms with Crippen LogP contribution in [0.1, 0.15) is 25.0 Å². The normalized spacial score (nSPS) is 12.9. The summed E-state index contributed by atoms with van der Waals surface area (Å²) in [5.41, 5.74) is 2.00. The Morgan fingerprint density at radius 1 is 1.28 bits per heavy atom. The Bertz CT molecular complexity index is 342. The Hall–Kier alpha value is -0.940. The summed E-state index contributed by atoms with van der Waals surface area (Å²) < 4.78 is 5.32. The van der Waals surface area contributed by atoms with E-state index in [-0.39, 0.29) is 12.7 Å². The molecule has 1 aromatic carbocycles. The predicted molar refractivity (Wildman–Crippen MR) is 71.2 cm³/mol. The lowest BCUT2D eigenvalue weighted by Crippen LogP contribution is -2.31. The smallest absolute Gasteiger partial charge is 0.0897 e. The van der Waals surface area contributed by atoms with Crippen LogP contribution in [-0.4, -0.2) is 35.6 Å². The second-order valence-electron chi connectivity index (χ2n) is 4.64. The molecule has 0 radical (unpaired) electrons. The molecule has 0 fully saturated rings. The van der Waals surface area contributed by atoms with Gasteiger partial charge in [0.2, 0.25) is 0 Å². The average Bonchev–Trinajstić information content (AvgIpc) is 2.36. The maximum Gasteiger partial charge on any atom is 0.0897 e. The van der Waals surface area contributed by atoms with Gasteiger partial charge in [0.15, 0.2) is 0 Å². The van der Waals surface area contributed by atoms with Crippen molar-refractivity contribution in [2.24, 2.45) is 0 Å². The minimum absolute atomic E-state index is 0.0543. The van der Waals surface area contributed by atoms with Crippen LogP contribution < -0.4 is 5.32 Å². The van der Waals surface area contributed by atoms with E-state index in [0.717, 1.165) is 11.1 Å². The highest BCUT2D eigenvalue weighted by molar-refractivity contribution is 5.22. The number of aliphatic hydroxyl groups excluding tert-OH is 2. The summed E-state index contributed by atoms with van der Waals surface area (Å²) in [5, 5.41) is 21.8. The molecule has 102 valence electrons. The lowest BCUT2D eigenvalue weighted by atomic mass is 10.1. The van der Waals surface area contributed by atoms with E-state index in [1.54, 1.807) is 0 Å². The van der Waals surface area contributed by atoms with Gasteiger partial charge in [-0.2, -0.15) is 0 Å². The molecule has 0 heterocycles. The molecule has 0 spiro atoms. The van der Waals surface area contributed by atoms with Crippen molar-refractivity contribution in [2.45, 2.75) is 39.2 Å². The molecule has 0 aliphatic carbocycles. The van der Waals surface area contributed by atoms with Gasteiger partial charge in [-0.05, 0) is 25.0 Å². The zero-order valence-electron chi connectivity index (χ0n) is 11.1. The van der Waals surface area contributed by atoms with E-state index < -0.39 is 6.10 Å². The number of hydrogen-bond acceptors (Lipinski definition) is 4. The fourth-order valence-corrected chi connectivity index (χ4v) is 1.58. The van der Waals surface area contributed by atoms with E-state index in [4.69, 9.17) is 9.84 Å². The first-order chi connectivity index (χ1) is 8.61.